The zero-order valence-electron chi connectivity index (χ0n) is 12.7. The molecule has 2 rings (SSSR count). The van der Waals surface area contributed by atoms with Crippen molar-refractivity contribution in [1.29, 1.82) is 0 Å². The largest absolute Gasteiger partial charge is 0.378 e. The molecule has 1 atom stereocenters. The first-order chi connectivity index (χ1) is 9.60. The van der Waals surface area contributed by atoms with Gasteiger partial charge in [-0.2, -0.15) is 0 Å². The lowest BCUT2D eigenvalue weighted by molar-refractivity contribution is -0.00626. The molecule has 1 aliphatic heterocycles. The van der Waals surface area contributed by atoms with E-state index in [1.165, 1.54) is 0 Å². The van der Waals surface area contributed by atoms with Gasteiger partial charge in [0, 0.05) is 38.8 Å². The van der Waals surface area contributed by atoms with E-state index in [1.54, 1.807) is 7.11 Å². The number of nitrogens with one attached hydrogen (secondary N) is 2. The van der Waals surface area contributed by atoms with Crippen LogP contribution in [0.2, 0.25) is 0 Å². The minimum absolute atomic E-state index is 0.246. The molecule has 0 saturated carbocycles. The van der Waals surface area contributed by atoms with Crippen molar-refractivity contribution < 1.29 is 9.47 Å². The van der Waals surface area contributed by atoms with E-state index in [0.29, 0.717) is 13.2 Å². The molecule has 0 spiro atoms. The Hall–Kier alpha value is -1.40. The minimum Gasteiger partial charge on any atom is -0.378 e. The molecule has 1 fully saturated rings. The van der Waals surface area contributed by atoms with Crippen LogP contribution in [0.3, 0.4) is 0 Å². The van der Waals surface area contributed by atoms with Crippen molar-refractivity contribution in [3.8, 4) is 0 Å². The average molecular weight is 280 g/mol. The Balaban J connectivity index is 2.12. The monoisotopic (exact) mass is 280 g/mol. The van der Waals surface area contributed by atoms with E-state index in [0.717, 1.165) is 42.6 Å². The molecule has 6 nitrogen and oxygen atoms in total. The molecule has 20 heavy (non-hydrogen) atoms. The molecule has 0 aromatic carbocycles. The summed E-state index contributed by atoms with van der Waals surface area (Å²) in [5.74, 6) is 2.50. The Kier molecular flexibility index (Phi) is 4.77. The number of hydrogen-bond donors (Lipinski definition) is 2. The highest BCUT2D eigenvalue weighted by Crippen LogP contribution is 2.25. The minimum atomic E-state index is -0.246. The fourth-order valence-corrected chi connectivity index (χ4v) is 2.35. The summed E-state index contributed by atoms with van der Waals surface area (Å²) < 4.78 is 11.1. The Labute approximate surface area is 120 Å². The van der Waals surface area contributed by atoms with E-state index in [-0.39, 0.29) is 5.60 Å². The summed E-state index contributed by atoms with van der Waals surface area (Å²) in [4.78, 5) is 8.91. The van der Waals surface area contributed by atoms with Crippen LogP contribution in [0.15, 0.2) is 0 Å². The van der Waals surface area contributed by atoms with Crippen molar-refractivity contribution in [3.05, 3.63) is 11.4 Å². The van der Waals surface area contributed by atoms with Crippen LogP contribution < -0.4 is 10.6 Å². The summed E-state index contributed by atoms with van der Waals surface area (Å²) in [6.45, 7) is 8.87. The van der Waals surface area contributed by atoms with Gasteiger partial charge in [0.05, 0.1) is 6.61 Å². The van der Waals surface area contributed by atoms with Crippen molar-refractivity contribution in [1.82, 2.24) is 9.97 Å². The highest BCUT2D eigenvalue weighted by molar-refractivity contribution is 5.57. The molecular formula is C14H24N4O2. The zero-order chi connectivity index (χ0) is 14.6. The molecule has 2 heterocycles. The highest BCUT2D eigenvalue weighted by Gasteiger charge is 2.35. The molecule has 0 radical (unpaired) electrons. The second-order valence-corrected chi connectivity index (χ2v) is 5.17. The number of rotatable bonds is 6. The number of ether oxygens (including phenoxy) is 2. The van der Waals surface area contributed by atoms with E-state index in [4.69, 9.17) is 9.47 Å². The molecule has 0 bridgehead atoms. The van der Waals surface area contributed by atoms with Gasteiger partial charge >= 0.3 is 0 Å². The molecule has 112 valence electrons. The Morgan fingerprint density at radius 1 is 1.25 bits per heavy atom. The van der Waals surface area contributed by atoms with E-state index in [2.05, 4.69) is 27.5 Å². The van der Waals surface area contributed by atoms with Crippen LogP contribution in [0.1, 0.15) is 24.7 Å². The van der Waals surface area contributed by atoms with Gasteiger partial charge in [-0.3, -0.25) is 0 Å². The smallest absolute Gasteiger partial charge is 0.134 e. The quantitative estimate of drug-likeness (QED) is 0.827. The van der Waals surface area contributed by atoms with Crippen LogP contribution in [-0.2, 0) is 9.47 Å². The molecule has 1 aliphatic rings. The van der Waals surface area contributed by atoms with Gasteiger partial charge in [-0.15, -0.1) is 0 Å². The Morgan fingerprint density at radius 2 is 1.95 bits per heavy atom. The lowest BCUT2D eigenvalue weighted by Gasteiger charge is -2.26. The molecule has 2 N–H and O–H groups in total. The van der Waals surface area contributed by atoms with E-state index < -0.39 is 0 Å². The maximum Gasteiger partial charge on any atom is 0.134 e. The van der Waals surface area contributed by atoms with Gasteiger partial charge in [0.25, 0.3) is 0 Å². The van der Waals surface area contributed by atoms with Gasteiger partial charge in [-0.1, -0.05) is 0 Å². The van der Waals surface area contributed by atoms with Gasteiger partial charge in [0.1, 0.15) is 23.1 Å². The lowest BCUT2D eigenvalue weighted by atomic mass is 10.0. The molecule has 0 amide bonds. The Morgan fingerprint density at radius 3 is 2.50 bits per heavy atom. The predicted molar refractivity (Wildman–Crippen MR) is 79.3 cm³/mol. The molecule has 1 unspecified atom stereocenters. The molecule has 1 aromatic heterocycles. The summed E-state index contributed by atoms with van der Waals surface area (Å²) in [5.41, 5.74) is 0.784. The van der Waals surface area contributed by atoms with Gasteiger partial charge in [0.2, 0.25) is 0 Å². The number of methoxy groups -OCH3 is 1. The third-order valence-electron chi connectivity index (χ3n) is 3.68. The van der Waals surface area contributed by atoms with E-state index >= 15 is 0 Å². The molecule has 0 aliphatic carbocycles. The number of hydrogen-bond acceptors (Lipinski definition) is 6. The number of aromatic nitrogens is 2. The summed E-state index contributed by atoms with van der Waals surface area (Å²) in [7, 11) is 1.73. The van der Waals surface area contributed by atoms with Crippen LogP contribution in [0.25, 0.3) is 0 Å². The summed E-state index contributed by atoms with van der Waals surface area (Å²) in [6, 6.07) is 0. The van der Waals surface area contributed by atoms with Crippen molar-refractivity contribution in [2.24, 2.45) is 0 Å². The predicted octanol–water partition coefficient (Wildman–Crippen LogP) is 1.74. The second kappa shape index (κ2) is 6.37. The van der Waals surface area contributed by atoms with Crippen LogP contribution in [0.5, 0.6) is 0 Å². The molecule has 6 heteroatoms. The van der Waals surface area contributed by atoms with E-state index in [9.17, 15) is 0 Å². The molecule has 1 aromatic rings. The first-order valence-corrected chi connectivity index (χ1v) is 7.06. The van der Waals surface area contributed by atoms with Crippen molar-refractivity contribution in [2.75, 3.05) is 44.0 Å². The maximum absolute atomic E-state index is 5.62. The zero-order valence-corrected chi connectivity index (χ0v) is 12.7. The number of anilines is 2. The van der Waals surface area contributed by atoms with Crippen LogP contribution in [0, 0.1) is 13.8 Å². The topological polar surface area (TPSA) is 68.3 Å². The SMILES string of the molecule is CCNc1nc(C)nc(NCC2(OC)CCOC2)c1C. The third-order valence-corrected chi connectivity index (χ3v) is 3.68. The molecule has 1 saturated heterocycles. The fraction of sp³-hybridized carbons (Fsp3) is 0.714. The summed E-state index contributed by atoms with van der Waals surface area (Å²) >= 11 is 0. The third kappa shape index (κ3) is 3.19. The van der Waals surface area contributed by atoms with Crippen LogP contribution in [-0.4, -0.2) is 49.0 Å². The van der Waals surface area contributed by atoms with Gasteiger partial charge in [-0.25, -0.2) is 9.97 Å². The second-order valence-electron chi connectivity index (χ2n) is 5.17. The first kappa shape index (κ1) is 15.0. The summed E-state index contributed by atoms with van der Waals surface area (Å²) in [5, 5.41) is 6.65. The normalized spacial score (nSPS) is 22.0. The van der Waals surface area contributed by atoms with Crippen molar-refractivity contribution in [2.45, 2.75) is 32.8 Å². The van der Waals surface area contributed by atoms with Crippen molar-refractivity contribution in [3.63, 3.8) is 0 Å². The van der Waals surface area contributed by atoms with Gasteiger partial charge in [0.15, 0.2) is 0 Å². The standard InChI is InChI=1S/C14H24N4O2/c1-5-15-12-10(2)13(18-11(3)17-12)16-8-14(19-4)6-7-20-9-14/h5-9H2,1-4H3,(H2,15,16,17,18). The van der Waals surface area contributed by atoms with Gasteiger partial charge < -0.3 is 20.1 Å². The maximum atomic E-state index is 5.62. The highest BCUT2D eigenvalue weighted by atomic mass is 16.5. The molecular weight excluding hydrogens is 256 g/mol. The van der Waals surface area contributed by atoms with Crippen LogP contribution in [0.4, 0.5) is 11.6 Å². The van der Waals surface area contributed by atoms with Crippen LogP contribution >= 0.6 is 0 Å². The Bertz CT molecular complexity index is 459. The van der Waals surface area contributed by atoms with Crippen molar-refractivity contribution >= 4 is 11.6 Å². The van der Waals surface area contributed by atoms with E-state index in [1.807, 2.05) is 13.8 Å². The lowest BCUT2D eigenvalue weighted by Crippen LogP contribution is -2.40. The fourth-order valence-electron chi connectivity index (χ4n) is 2.35. The average Bonchev–Trinajstić information content (AvgIpc) is 2.90. The van der Waals surface area contributed by atoms with Gasteiger partial charge in [-0.05, 0) is 20.8 Å². The summed E-state index contributed by atoms with van der Waals surface area (Å²) in [6.07, 6.45) is 0.902. The first-order valence-electron chi connectivity index (χ1n) is 7.06. The number of aryl methyl sites for hydroxylation is 1. The number of nitrogens with zero attached hydrogens (tertiary/aromatic N) is 2.